The molecule has 0 atom stereocenters. The number of hydrogen-bond acceptors (Lipinski definition) is 2. The number of amides is 1. The molecule has 1 aliphatic heterocycles. The Labute approximate surface area is 94.9 Å². The second kappa shape index (κ2) is 4.75. The van der Waals surface area contributed by atoms with Crippen LogP contribution in [0, 0.1) is 6.92 Å². The fourth-order valence-electron chi connectivity index (χ4n) is 1.48. The zero-order valence-corrected chi connectivity index (χ0v) is 9.23. The molecule has 0 unspecified atom stereocenters. The lowest BCUT2D eigenvalue weighted by atomic mass is 10.1. The number of carbonyl (C=O) groups is 1. The normalized spacial score (nSPS) is 16.1. The van der Waals surface area contributed by atoms with Crippen LogP contribution in [0.15, 0.2) is 35.4 Å². The predicted molar refractivity (Wildman–Crippen MR) is 65.0 cm³/mol. The molecular formula is C13H14N2O. The number of rotatable bonds is 2. The highest BCUT2D eigenvalue weighted by molar-refractivity contribution is 6.02. The van der Waals surface area contributed by atoms with Crippen LogP contribution in [0.4, 0.5) is 0 Å². The van der Waals surface area contributed by atoms with Gasteiger partial charge in [0.05, 0.1) is 5.71 Å². The molecule has 3 nitrogen and oxygen atoms in total. The van der Waals surface area contributed by atoms with Gasteiger partial charge in [-0.3, -0.25) is 4.79 Å². The number of allylic oxidation sites excluding steroid dienone is 1. The molecule has 0 bridgehead atoms. The van der Waals surface area contributed by atoms with Gasteiger partial charge in [0.1, 0.15) is 0 Å². The lowest BCUT2D eigenvalue weighted by Gasteiger charge is -2.07. The van der Waals surface area contributed by atoms with Gasteiger partial charge >= 0.3 is 0 Å². The standard InChI is InChI=1S/C13H14N2O/c1-10-2-4-11(5-3-10)6-7-12-8-9-13(16)15-14-12/h2-7H,8-9H2,1H3,(H,15,16)/b7-6+. The Morgan fingerprint density at radius 2 is 1.94 bits per heavy atom. The fourth-order valence-corrected chi connectivity index (χ4v) is 1.48. The van der Waals surface area contributed by atoms with Crippen molar-refractivity contribution in [3.05, 3.63) is 41.5 Å². The zero-order chi connectivity index (χ0) is 11.4. The van der Waals surface area contributed by atoms with Crippen molar-refractivity contribution in [3.8, 4) is 0 Å². The van der Waals surface area contributed by atoms with Crippen LogP contribution in [0.2, 0.25) is 0 Å². The zero-order valence-electron chi connectivity index (χ0n) is 9.23. The van der Waals surface area contributed by atoms with Crippen molar-refractivity contribution >= 4 is 17.7 Å². The molecule has 0 saturated heterocycles. The number of hydrazone groups is 1. The minimum atomic E-state index is -0.00696. The summed E-state index contributed by atoms with van der Waals surface area (Å²) >= 11 is 0. The van der Waals surface area contributed by atoms with Gasteiger partial charge < -0.3 is 0 Å². The third-order valence-electron chi connectivity index (χ3n) is 2.48. The van der Waals surface area contributed by atoms with E-state index >= 15 is 0 Å². The Balaban J connectivity index is 2.04. The first-order valence-electron chi connectivity index (χ1n) is 5.34. The molecule has 1 amide bonds. The first-order chi connectivity index (χ1) is 7.74. The largest absolute Gasteiger partial charge is 0.273 e. The van der Waals surface area contributed by atoms with Crippen LogP contribution in [0.3, 0.4) is 0 Å². The van der Waals surface area contributed by atoms with E-state index in [-0.39, 0.29) is 5.91 Å². The van der Waals surface area contributed by atoms with Gasteiger partial charge in [0.25, 0.3) is 0 Å². The van der Waals surface area contributed by atoms with Gasteiger partial charge in [-0.25, -0.2) is 5.43 Å². The number of benzene rings is 1. The van der Waals surface area contributed by atoms with Crippen LogP contribution in [-0.4, -0.2) is 11.6 Å². The first-order valence-corrected chi connectivity index (χ1v) is 5.34. The lowest BCUT2D eigenvalue weighted by Crippen LogP contribution is -2.24. The molecule has 1 aliphatic rings. The average molecular weight is 214 g/mol. The summed E-state index contributed by atoms with van der Waals surface area (Å²) in [5.41, 5.74) is 5.79. The van der Waals surface area contributed by atoms with Gasteiger partial charge in [-0.1, -0.05) is 35.9 Å². The number of hydrogen-bond donors (Lipinski definition) is 1. The van der Waals surface area contributed by atoms with E-state index in [0.717, 1.165) is 11.3 Å². The van der Waals surface area contributed by atoms with E-state index in [9.17, 15) is 4.79 Å². The fraction of sp³-hybridized carbons (Fsp3) is 0.231. The van der Waals surface area contributed by atoms with E-state index in [1.807, 2.05) is 12.2 Å². The summed E-state index contributed by atoms with van der Waals surface area (Å²) in [6.45, 7) is 2.06. The van der Waals surface area contributed by atoms with Gasteiger partial charge in [-0.05, 0) is 18.6 Å². The van der Waals surface area contributed by atoms with Crippen LogP contribution in [0.1, 0.15) is 24.0 Å². The highest BCUT2D eigenvalue weighted by Gasteiger charge is 2.08. The maximum absolute atomic E-state index is 10.9. The van der Waals surface area contributed by atoms with Crippen LogP contribution in [-0.2, 0) is 4.79 Å². The molecule has 1 aromatic rings. The van der Waals surface area contributed by atoms with Crippen molar-refractivity contribution in [3.63, 3.8) is 0 Å². The average Bonchev–Trinajstić information content (AvgIpc) is 2.30. The van der Waals surface area contributed by atoms with Crippen LogP contribution >= 0.6 is 0 Å². The van der Waals surface area contributed by atoms with E-state index in [4.69, 9.17) is 0 Å². The highest BCUT2D eigenvalue weighted by atomic mass is 16.2. The minimum Gasteiger partial charge on any atom is -0.273 e. The molecule has 0 aromatic heterocycles. The topological polar surface area (TPSA) is 41.5 Å². The summed E-state index contributed by atoms with van der Waals surface area (Å²) in [6.07, 6.45) is 5.20. The van der Waals surface area contributed by atoms with E-state index in [1.54, 1.807) is 0 Å². The molecule has 0 radical (unpaired) electrons. The number of nitrogens with one attached hydrogen (secondary N) is 1. The quantitative estimate of drug-likeness (QED) is 0.806. The van der Waals surface area contributed by atoms with Crippen molar-refractivity contribution in [2.75, 3.05) is 0 Å². The Hall–Kier alpha value is -1.90. The monoisotopic (exact) mass is 214 g/mol. The SMILES string of the molecule is Cc1ccc(/C=C/C2=NNC(=O)CC2)cc1. The van der Waals surface area contributed by atoms with Crippen LogP contribution in [0.25, 0.3) is 6.08 Å². The number of aryl methyl sites for hydroxylation is 1. The molecule has 0 spiro atoms. The van der Waals surface area contributed by atoms with Crippen LogP contribution in [0.5, 0.6) is 0 Å². The second-order valence-electron chi connectivity index (χ2n) is 3.88. The second-order valence-corrected chi connectivity index (χ2v) is 3.88. The first kappa shape index (κ1) is 10.6. The van der Waals surface area contributed by atoms with Crippen molar-refractivity contribution in [2.24, 2.45) is 5.10 Å². The minimum absolute atomic E-state index is 0.00696. The summed E-state index contributed by atoms with van der Waals surface area (Å²) in [5.74, 6) is -0.00696. The van der Waals surface area contributed by atoms with Gasteiger partial charge in [0.15, 0.2) is 0 Å². The maximum Gasteiger partial charge on any atom is 0.240 e. The van der Waals surface area contributed by atoms with E-state index < -0.39 is 0 Å². The summed E-state index contributed by atoms with van der Waals surface area (Å²) in [7, 11) is 0. The molecule has 1 N–H and O–H groups in total. The molecule has 82 valence electrons. The van der Waals surface area contributed by atoms with E-state index in [0.29, 0.717) is 12.8 Å². The smallest absolute Gasteiger partial charge is 0.240 e. The molecule has 2 rings (SSSR count). The Kier molecular flexibility index (Phi) is 3.15. The summed E-state index contributed by atoms with van der Waals surface area (Å²) in [4.78, 5) is 10.9. The summed E-state index contributed by atoms with van der Waals surface area (Å²) < 4.78 is 0. The maximum atomic E-state index is 10.9. The Morgan fingerprint density at radius 3 is 2.56 bits per heavy atom. The molecule has 0 fully saturated rings. The lowest BCUT2D eigenvalue weighted by molar-refractivity contribution is -0.121. The molecule has 16 heavy (non-hydrogen) atoms. The molecule has 1 aromatic carbocycles. The van der Waals surface area contributed by atoms with Gasteiger partial charge in [-0.2, -0.15) is 5.10 Å². The third kappa shape index (κ3) is 2.79. The third-order valence-corrected chi connectivity index (χ3v) is 2.48. The Bertz CT molecular complexity index is 444. The Morgan fingerprint density at radius 1 is 1.19 bits per heavy atom. The molecule has 3 heteroatoms. The van der Waals surface area contributed by atoms with E-state index in [2.05, 4.69) is 41.7 Å². The van der Waals surface area contributed by atoms with Crippen molar-refractivity contribution in [1.82, 2.24) is 5.43 Å². The van der Waals surface area contributed by atoms with Gasteiger partial charge in [0, 0.05) is 12.8 Å². The molecule has 0 saturated carbocycles. The summed E-state index contributed by atoms with van der Waals surface area (Å²) in [6, 6.07) is 8.27. The molecular weight excluding hydrogens is 200 g/mol. The van der Waals surface area contributed by atoms with Crippen molar-refractivity contribution in [1.29, 1.82) is 0 Å². The van der Waals surface area contributed by atoms with E-state index in [1.165, 1.54) is 5.56 Å². The molecule has 1 heterocycles. The van der Waals surface area contributed by atoms with Crippen molar-refractivity contribution in [2.45, 2.75) is 19.8 Å². The molecule has 0 aliphatic carbocycles. The predicted octanol–water partition coefficient (Wildman–Crippen LogP) is 2.27. The highest BCUT2D eigenvalue weighted by Crippen LogP contribution is 2.07. The number of nitrogens with zero attached hydrogens (tertiary/aromatic N) is 1. The van der Waals surface area contributed by atoms with Crippen molar-refractivity contribution < 1.29 is 4.79 Å². The summed E-state index contributed by atoms with van der Waals surface area (Å²) in [5, 5.41) is 3.97. The van der Waals surface area contributed by atoms with Gasteiger partial charge in [0.2, 0.25) is 5.91 Å². The van der Waals surface area contributed by atoms with Gasteiger partial charge in [-0.15, -0.1) is 0 Å². The number of carbonyl (C=O) groups excluding carboxylic acids is 1. The van der Waals surface area contributed by atoms with Crippen LogP contribution < -0.4 is 5.43 Å².